The van der Waals surface area contributed by atoms with Crippen LogP contribution in [0.5, 0.6) is 0 Å². The number of nitrogens with one attached hydrogen (secondary N) is 4. The van der Waals surface area contributed by atoms with Gasteiger partial charge < -0.3 is 10.7 Å². The number of halogens is 2. The number of rotatable bonds is 10. The zero-order valence-corrected chi connectivity index (χ0v) is 27.3. The van der Waals surface area contributed by atoms with Gasteiger partial charge in [-0.3, -0.25) is 10.2 Å². The third kappa shape index (κ3) is 8.23. The van der Waals surface area contributed by atoms with Crippen LogP contribution in [0.4, 0.5) is 5.69 Å². The zero-order valence-electron chi connectivity index (χ0n) is 25.0. The molecule has 7 nitrogen and oxygen atoms in total. The number of thioether (sulfide) groups is 1. The summed E-state index contributed by atoms with van der Waals surface area (Å²) in [5.41, 5.74) is 14.3. The second-order valence-corrected chi connectivity index (χ2v) is 12.4. The first-order valence-electron chi connectivity index (χ1n) is 14.8. The maximum Gasteiger partial charge on any atom is 0.257 e. The molecule has 1 aliphatic rings. The summed E-state index contributed by atoms with van der Waals surface area (Å²) in [4.78, 5) is 18.9. The highest BCUT2D eigenvalue weighted by Gasteiger charge is 2.24. The quantitative estimate of drug-likeness (QED) is 0.0877. The molecule has 47 heavy (non-hydrogen) atoms. The molecule has 234 valence electrons. The number of nitrogens with zero attached hydrogens (tertiary/aromatic N) is 2. The molecule has 0 spiro atoms. The number of hydrogen-bond donors (Lipinski definition) is 4. The fourth-order valence-corrected chi connectivity index (χ4v) is 6.55. The summed E-state index contributed by atoms with van der Waals surface area (Å²) in [5, 5.41) is 8.35. The first kappa shape index (κ1) is 31.9. The van der Waals surface area contributed by atoms with Crippen molar-refractivity contribution in [1.82, 2.24) is 16.3 Å². The van der Waals surface area contributed by atoms with Crippen LogP contribution in [-0.2, 0) is 0 Å². The maximum atomic E-state index is 13.1. The van der Waals surface area contributed by atoms with Gasteiger partial charge in [-0.05, 0) is 47.5 Å². The fraction of sp³-hybridized carbons (Fsp3) is 0.0541. The first-order chi connectivity index (χ1) is 23.0. The van der Waals surface area contributed by atoms with E-state index >= 15 is 0 Å². The van der Waals surface area contributed by atoms with Crippen molar-refractivity contribution in [3.63, 3.8) is 0 Å². The predicted octanol–water partition coefficient (Wildman–Crippen LogP) is 8.79. The van der Waals surface area contributed by atoms with Crippen molar-refractivity contribution >= 4 is 58.2 Å². The van der Waals surface area contributed by atoms with E-state index in [0.717, 1.165) is 27.3 Å². The van der Waals surface area contributed by atoms with Gasteiger partial charge in [0.1, 0.15) is 6.04 Å². The molecule has 10 heteroatoms. The summed E-state index contributed by atoms with van der Waals surface area (Å²) < 4.78 is 0. The number of para-hydroxylation sites is 1. The second kappa shape index (κ2) is 15.5. The smallest absolute Gasteiger partial charge is 0.257 e. The Morgan fingerprint density at radius 3 is 2.26 bits per heavy atom. The van der Waals surface area contributed by atoms with Crippen molar-refractivity contribution in [2.24, 2.45) is 10.1 Å². The Balaban J connectivity index is 1.17. The van der Waals surface area contributed by atoms with E-state index in [-0.39, 0.29) is 22.2 Å². The fourth-order valence-electron chi connectivity index (χ4n) is 4.93. The van der Waals surface area contributed by atoms with Crippen LogP contribution in [0.25, 0.3) is 0 Å². The van der Waals surface area contributed by atoms with Gasteiger partial charge in [0.05, 0.1) is 27.2 Å². The predicted molar refractivity (Wildman–Crippen MR) is 194 cm³/mol. The van der Waals surface area contributed by atoms with Gasteiger partial charge in [0.2, 0.25) is 5.96 Å². The van der Waals surface area contributed by atoms with E-state index in [1.54, 1.807) is 30.0 Å². The average Bonchev–Trinajstić information content (AvgIpc) is 3.11. The Morgan fingerprint density at radius 1 is 0.830 bits per heavy atom. The number of hydrazine groups is 1. The molecular weight excluding hydrogens is 647 g/mol. The molecule has 5 aromatic rings. The molecule has 4 N–H and O–H groups in total. The lowest BCUT2D eigenvalue weighted by Crippen LogP contribution is -2.44. The molecule has 0 aliphatic carbocycles. The minimum absolute atomic E-state index is 0.0938. The summed E-state index contributed by atoms with van der Waals surface area (Å²) in [5.74, 6) is 0.172. The van der Waals surface area contributed by atoms with Crippen LogP contribution < -0.4 is 21.6 Å². The van der Waals surface area contributed by atoms with Gasteiger partial charge >= 0.3 is 0 Å². The van der Waals surface area contributed by atoms with Gasteiger partial charge in [-0.2, -0.15) is 5.10 Å². The molecule has 2 atom stereocenters. The number of carbonyl (C=O) groups is 1. The minimum atomic E-state index is -0.315. The molecule has 6 rings (SSSR count). The number of carbonyl (C=O) groups excluding carboxylic acids is 1. The molecule has 1 aliphatic heterocycles. The Bertz CT molecular complexity index is 1920. The summed E-state index contributed by atoms with van der Waals surface area (Å²) in [6.45, 7) is 0. The van der Waals surface area contributed by atoms with Crippen molar-refractivity contribution < 1.29 is 4.79 Å². The molecule has 0 fully saturated rings. The van der Waals surface area contributed by atoms with Gasteiger partial charge in [0, 0.05) is 21.7 Å². The molecule has 1 heterocycles. The van der Waals surface area contributed by atoms with Gasteiger partial charge in [-0.25, -0.2) is 10.4 Å². The SMILES string of the molecule is O=C(Nc1ccccc1SC(/C=C/NNC1=NC(c2ccccc2)C(c2ccccc2)=NN1)c1ccccc1)c1ccc(Cl)cc1Cl. The zero-order chi connectivity index (χ0) is 32.4. The Kier molecular flexibility index (Phi) is 10.5. The molecule has 0 radical (unpaired) electrons. The lowest BCUT2D eigenvalue weighted by atomic mass is 9.97. The van der Waals surface area contributed by atoms with Crippen LogP contribution in [0.3, 0.4) is 0 Å². The van der Waals surface area contributed by atoms with Crippen LogP contribution in [0.15, 0.2) is 161 Å². The van der Waals surface area contributed by atoms with Crippen molar-refractivity contribution in [2.75, 3.05) is 5.32 Å². The van der Waals surface area contributed by atoms with Crippen molar-refractivity contribution in [2.45, 2.75) is 16.2 Å². The summed E-state index contributed by atoms with van der Waals surface area (Å²) >= 11 is 13.9. The Hall–Kier alpha value is -5.02. The van der Waals surface area contributed by atoms with Crippen molar-refractivity contribution in [3.8, 4) is 0 Å². The highest BCUT2D eigenvalue weighted by atomic mass is 35.5. The third-order valence-corrected chi connectivity index (χ3v) is 9.06. The van der Waals surface area contributed by atoms with E-state index in [9.17, 15) is 4.79 Å². The van der Waals surface area contributed by atoms with E-state index in [0.29, 0.717) is 22.2 Å². The number of anilines is 1. The molecular formula is C37H30Cl2N6OS. The largest absolute Gasteiger partial charge is 0.321 e. The maximum absolute atomic E-state index is 13.1. The van der Waals surface area contributed by atoms with Gasteiger partial charge in [0.15, 0.2) is 0 Å². The highest BCUT2D eigenvalue weighted by molar-refractivity contribution is 7.99. The number of aliphatic imine (C=N–C) groups is 1. The topological polar surface area (TPSA) is 89.9 Å². The molecule has 0 saturated carbocycles. The molecule has 0 aromatic heterocycles. The van der Waals surface area contributed by atoms with Gasteiger partial charge in [-0.1, -0.05) is 126 Å². The van der Waals surface area contributed by atoms with Gasteiger partial charge in [0.25, 0.3) is 5.91 Å². The van der Waals surface area contributed by atoms with Crippen molar-refractivity contribution in [3.05, 3.63) is 178 Å². The van der Waals surface area contributed by atoms with Crippen LogP contribution in [0.1, 0.15) is 38.3 Å². The lowest BCUT2D eigenvalue weighted by Gasteiger charge is -2.23. The number of guanidine groups is 1. The Labute approximate surface area is 287 Å². The van der Waals surface area contributed by atoms with E-state index in [4.69, 9.17) is 28.2 Å². The van der Waals surface area contributed by atoms with Crippen LogP contribution >= 0.6 is 35.0 Å². The summed E-state index contributed by atoms with van der Waals surface area (Å²) in [6.07, 6.45) is 3.87. The standard InChI is InChI=1S/C37H30Cl2N6OS/c38-28-20-21-29(30(39)24-28)36(46)41-31-18-10-11-19-33(31)47-32(25-12-4-1-5-13-25)22-23-40-44-37-42-34(26-14-6-2-7-15-26)35(43-45-37)27-16-8-3-9-17-27/h1-24,32,34,40H,(H,41,46)(H2,42,44,45)/b23-22+. The molecule has 0 bridgehead atoms. The lowest BCUT2D eigenvalue weighted by molar-refractivity contribution is 0.102. The van der Waals surface area contributed by atoms with Crippen LogP contribution in [-0.4, -0.2) is 17.6 Å². The second-order valence-electron chi connectivity index (χ2n) is 10.4. The first-order valence-corrected chi connectivity index (χ1v) is 16.5. The normalized spacial score (nSPS) is 14.8. The molecule has 1 amide bonds. The van der Waals surface area contributed by atoms with Crippen LogP contribution in [0, 0.1) is 0 Å². The molecule has 5 aromatic carbocycles. The van der Waals surface area contributed by atoms with E-state index < -0.39 is 0 Å². The number of hydrazone groups is 1. The van der Waals surface area contributed by atoms with Gasteiger partial charge in [-0.15, -0.1) is 11.8 Å². The molecule has 0 saturated heterocycles. The summed E-state index contributed by atoms with van der Waals surface area (Å²) in [6, 6.07) is 42.5. The summed E-state index contributed by atoms with van der Waals surface area (Å²) in [7, 11) is 0. The average molecular weight is 678 g/mol. The van der Waals surface area contributed by atoms with E-state index in [1.165, 1.54) is 0 Å². The number of amides is 1. The van der Waals surface area contributed by atoms with Crippen LogP contribution in [0.2, 0.25) is 10.0 Å². The Morgan fingerprint density at radius 2 is 1.51 bits per heavy atom. The van der Waals surface area contributed by atoms with Crippen molar-refractivity contribution in [1.29, 1.82) is 0 Å². The van der Waals surface area contributed by atoms with E-state index in [1.807, 2.05) is 103 Å². The number of hydrogen-bond acceptors (Lipinski definition) is 7. The highest BCUT2D eigenvalue weighted by Crippen LogP contribution is 2.40. The molecule has 2 unspecified atom stereocenters. The minimum Gasteiger partial charge on any atom is -0.321 e. The number of benzene rings is 5. The van der Waals surface area contributed by atoms with E-state index in [2.05, 4.69) is 51.0 Å². The third-order valence-electron chi connectivity index (χ3n) is 7.22. The monoisotopic (exact) mass is 676 g/mol.